The van der Waals surface area contributed by atoms with Crippen LogP contribution in [0.3, 0.4) is 0 Å². The number of carbonyl (C=O) groups is 2. The summed E-state index contributed by atoms with van der Waals surface area (Å²) in [5.41, 5.74) is 28.8. The summed E-state index contributed by atoms with van der Waals surface area (Å²) in [5, 5.41) is 0. The van der Waals surface area contributed by atoms with E-state index in [1.54, 1.807) is 0 Å². The molecule has 4 aromatic rings. The third-order valence-electron chi connectivity index (χ3n) is 8.32. The van der Waals surface area contributed by atoms with E-state index < -0.39 is 37.9 Å². The Morgan fingerprint density at radius 1 is 0.510 bits per heavy atom. The Morgan fingerprint density at radius 2 is 0.857 bits per heavy atom. The summed E-state index contributed by atoms with van der Waals surface area (Å²) in [6.45, 7) is 0.781. The van der Waals surface area contributed by atoms with Crippen LogP contribution in [0.2, 0.25) is 0 Å². The highest BCUT2D eigenvalue weighted by molar-refractivity contribution is 6.81. The Morgan fingerprint density at radius 3 is 1.20 bits per heavy atom. The minimum Gasteiger partial charge on any atom is -0.525 e. The number of carbonyl (C=O) groups excluding carboxylic acids is 2. The van der Waals surface area contributed by atoms with Crippen LogP contribution in [0.25, 0.3) is 0 Å². The molecule has 0 heterocycles. The SMILES string of the molecule is NCCCCC(N)C(=O)OB(c1ccccc1)c1ccc(COCc2ccc(B(OC(=O)C(N)CCCCN)c3ccccc3)cc2)cc1. The highest BCUT2D eigenvalue weighted by Crippen LogP contribution is 2.09. The molecule has 0 aliphatic rings. The Hall–Kier alpha value is -4.25. The zero-order valence-corrected chi connectivity index (χ0v) is 28.1. The first kappa shape index (κ1) is 37.6. The van der Waals surface area contributed by atoms with Crippen LogP contribution in [0.1, 0.15) is 49.7 Å². The number of unbranched alkanes of at least 4 members (excludes halogenated alkanes) is 2. The maximum atomic E-state index is 12.9. The molecule has 0 spiro atoms. The van der Waals surface area contributed by atoms with Gasteiger partial charge in [0.25, 0.3) is 0 Å². The summed E-state index contributed by atoms with van der Waals surface area (Å²) in [5.74, 6) is -0.862. The zero-order valence-electron chi connectivity index (χ0n) is 28.1. The van der Waals surface area contributed by atoms with Gasteiger partial charge in [-0.05, 0) is 71.8 Å². The van der Waals surface area contributed by atoms with Crippen LogP contribution in [-0.2, 0) is 36.8 Å². The number of rotatable bonds is 20. The summed E-state index contributed by atoms with van der Waals surface area (Å²) in [6, 6.07) is 33.6. The third-order valence-corrected chi connectivity index (χ3v) is 8.32. The predicted octanol–water partition coefficient (Wildman–Crippen LogP) is 1.61. The molecule has 0 radical (unpaired) electrons. The van der Waals surface area contributed by atoms with E-state index in [0.717, 1.165) is 58.7 Å². The first-order valence-electron chi connectivity index (χ1n) is 17.1. The molecule has 0 bridgehead atoms. The van der Waals surface area contributed by atoms with Crippen molar-refractivity contribution in [2.24, 2.45) is 22.9 Å². The average Bonchev–Trinajstić information content (AvgIpc) is 3.14. The minimum absolute atomic E-state index is 0.399. The Kier molecular flexibility index (Phi) is 15.6. The van der Waals surface area contributed by atoms with Crippen LogP contribution in [0.4, 0.5) is 0 Å². The standard InChI is InChI=1S/C38H48B2N4O5/c41-25-9-7-15-35(43)37(45)48-39(31-11-3-1-4-12-31)33-21-17-29(18-22-33)27-47-28-30-19-23-34(24-20-30)40(32-13-5-2-6-14-32)49-38(46)36(44)16-8-10-26-42/h1-6,11-14,17-24,35-36H,7-10,15-16,25-28,41-44H2. The molecule has 9 nitrogen and oxygen atoms in total. The van der Waals surface area contributed by atoms with E-state index >= 15 is 0 Å². The Bertz CT molecular complexity index is 1430. The van der Waals surface area contributed by atoms with E-state index in [4.69, 9.17) is 37.0 Å². The van der Waals surface area contributed by atoms with Gasteiger partial charge in [0.15, 0.2) is 0 Å². The molecule has 4 rings (SSSR count). The van der Waals surface area contributed by atoms with Crippen molar-refractivity contribution in [3.05, 3.63) is 120 Å². The van der Waals surface area contributed by atoms with Gasteiger partial charge in [-0.15, -0.1) is 0 Å². The van der Waals surface area contributed by atoms with Crippen molar-refractivity contribution >= 4 is 47.6 Å². The lowest BCUT2D eigenvalue weighted by atomic mass is 9.55. The number of hydrogen-bond donors (Lipinski definition) is 4. The van der Waals surface area contributed by atoms with Crippen LogP contribution in [-0.4, -0.2) is 50.9 Å². The molecule has 4 aromatic carbocycles. The van der Waals surface area contributed by atoms with Gasteiger partial charge in [-0.3, -0.25) is 9.59 Å². The second-order valence-electron chi connectivity index (χ2n) is 12.2. The van der Waals surface area contributed by atoms with E-state index in [0.29, 0.717) is 39.1 Å². The average molecular weight is 662 g/mol. The van der Waals surface area contributed by atoms with Gasteiger partial charge in [0, 0.05) is 0 Å². The fourth-order valence-electron chi connectivity index (χ4n) is 5.44. The molecule has 0 saturated heterocycles. The second-order valence-corrected chi connectivity index (χ2v) is 12.2. The van der Waals surface area contributed by atoms with Crippen molar-refractivity contribution in [3.8, 4) is 0 Å². The lowest BCUT2D eigenvalue weighted by Gasteiger charge is -2.19. The molecule has 0 aromatic heterocycles. The molecule has 0 aliphatic heterocycles. The summed E-state index contributed by atoms with van der Waals surface area (Å²) in [6.07, 6.45) is 4.24. The highest BCUT2D eigenvalue weighted by Gasteiger charge is 2.29. The van der Waals surface area contributed by atoms with Crippen molar-refractivity contribution in [1.82, 2.24) is 0 Å². The zero-order chi connectivity index (χ0) is 34.8. The molecule has 49 heavy (non-hydrogen) atoms. The molecule has 8 N–H and O–H groups in total. The van der Waals surface area contributed by atoms with Crippen molar-refractivity contribution in [3.63, 3.8) is 0 Å². The van der Waals surface area contributed by atoms with E-state index in [1.807, 2.05) is 109 Å². The lowest BCUT2D eigenvalue weighted by molar-refractivity contribution is -0.137. The van der Waals surface area contributed by atoms with Gasteiger partial charge < -0.3 is 37.0 Å². The van der Waals surface area contributed by atoms with Gasteiger partial charge >= 0.3 is 25.8 Å². The molecule has 0 amide bonds. The molecule has 11 heteroatoms. The normalized spacial score (nSPS) is 12.2. The van der Waals surface area contributed by atoms with Crippen LogP contribution >= 0.6 is 0 Å². The molecule has 0 aliphatic carbocycles. The number of ether oxygens (including phenoxy) is 1. The largest absolute Gasteiger partial charge is 0.525 e. The number of nitrogens with two attached hydrogens (primary N) is 4. The Balaban J connectivity index is 1.35. The molecule has 0 fully saturated rings. The second kappa shape index (κ2) is 20.3. The maximum Gasteiger partial charge on any atom is 0.429 e. The summed E-state index contributed by atoms with van der Waals surface area (Å²) >= 11 is 0. The molecule has 0 saturated carbocycles. The van der Waals surface area contributed by atoms with Gasteiger partial charge in [-0.1, -0.05) is 122 Å². The minimum atomic E-state index is -0.700. The van der Waals surface area contributed by atoms with Gasteiger partial charge in [0.05, 0.1) is 13.2 Å². The van der Waals surface area contributed by atoms with E-state index in [1.165, 1.54) is 0 Å². The highest BCUT2D eigenvalue weighted by atomic mass is 16.5. The maximum absolute atomic E-state index is 12.9. The quantitative estimate of drug-likeness (QED) is 0.0813. The van der Waals surface area contributed by atoms with Crippen molar-refractivity contribution in [2.45, 2.75) is 63.8 Å². The van der Waals surface area contributed by atoms with Crippen LogP contribution in [0.15, 0.2) is 109 Å². The first-order chi connectivity index (χ1) is 23.9. The van der Waals surface area contributed by atoms with Gasteiger partial charge in [0.2, 0.25) is 0 Å². The monoisotopic (exact) mass is 662 g/mol. The fraction of sp³-hybridized carbons (Fsp3) is 0.316. The number of benzene rings is 4. The molecule has 2 unspecified atom stereocenters. The van der Waals surface area contributed by atoms with Crippen molar-refractivity contribution < 1.29 is 23.6 Å². The number of hydrogen-bond acceptors (Lipinski definition) is 9. The van der Waals surface area contributed by atoms with Crippen LogP contribution in [0.5, 0.6) is 0 Å². The molecular weight excluding hydrogens is 614 g/mol. The molecule has 256 valence electrons. The van der Waals surface area contributed by atoms with Gasteiger partial charge in [-0.25, -0.2) is 0 Å². The summed E-state index contributed by atoms with van der Waals surface area (Å²) in [4.78, 5) is 25.7. The predicted molar refractivity (Wildman–Crippen MR) is 198 cm³/mol. The first-order valence-corrected chi connectivity index (χ1v) is 17.1. The molecule has 2 atom stereocenters. The van der Waals surface area contributed by atoms with Crippen molar-refractivity contribution in [1.29, 1.82) is 0 Å². The molecular formula is C38H48B2N4O5. The third kappa shape index (κ3) is 12.0. The smallest absolute Gasteiger partial charge is 0.429 e. The summed E-state index contributed by atoms with van der Waals surface area (Å²) < 4.78 is 17.9. The van der Waals surface area contributed by atoms with Crippen LogP contribution in [0, 0.1) is 0 Å². The van der Waals surface area contributed by atoms with E-state index in [-0.39, 0.29) is 0 Å². The topological polar surface area (TPSA) is 166 Å². The van der Waals surface area contributed by atoms with Gasteiger partial charge in [0.1, 0.15) is 12.1 Å². The summed E-state index contributed by atoms with van der Waals surface area (Å²) in [7, 11) is 0. The van der Waals surface area contributed by atoms with Crippen LogP contribution < -0.4 is 44.8 Å². The fourth-order valence-corrected chi connectivity index (χ4v) is 5.44. The van der Waals surface area contributed by atoms with E-state index in [9.17, 15) is 9.59 Å². The lowest BCUT2D eigenvalue weighted by Crippen LogP contribution is -2.49. The van der Waals surface area contributed by atoms with Gasteiger partial charge in [-0.2, -0.15) is 0 Å². The van der Waals surface area contributed by atoms with Crippen molar-refractivity contribution in [2.75, 3.05) is 13.1 Å². The Labute approximate surface area is 290 Å². The van der Waals surface area contributed by atoms with E-state index in [2.05, 4.69) is 0 Å².